The Morgan fingerprint density at radius 1 is 1.11 bits per heavy atom. The molecule has 0 bridgehead atoms. The second-order valence-electron chi connectivity index (χ2n) is 6.47. The number of aryl methyl sites for hydroxylation is 2. The van der Waals surface area contributed by atoms with Crippen LogP contribution in [0, 0.1) is 42.2 Å². The van der Waals surface area contributed by atoms with Gasteiger partial charge in [0.15, 0.2) is 0 Å². The minimum atomic E-state index is -0.457. The van der Waals surface area contributed by atoms with Crippen LogP contribution < -0.4 is 0 Å². The lowest BCUT2D eigenvalue weighted by molar-refractivity contribution is -0.384. The van der Waals surface area contributed by atoms with Crippen molar-refractivity contribution in [3.8, 4) is 11.8 Å². The van der Waals surface area contributed by atoms with E-state index in [1.54, 1.807) is 18.2 Å². The van der Waals surface area contributed by atoms with Gasteiger partial charge in [-0.3, -0.25) is 10.1 Å². The molecule has 1 heterocycles. The van der Waals surface area contributed by atoms with E-state index < -0.39 is 4.92 Å². The van der Waals surface area contributed by atoms with Crippen LogP contribution in [0.1, 0.15) is 28.1 Å². The summed E-state index contributed by atoms with van der Waals surface area (Å²) in [6.07, 6.45) is 1.78. The lowest BCUT2D eigenvalue weighted by Gasteiger charge is -2.10. The molecular formula is C22H19N3O2. The van der Waals surface area contributed by atoms with Crippen LogP contribution in [0.15, 0.2) is 54.6 Å². The molecule has 0 amide bonds. The number of aromatic nitrogens is 1. The summed E-state index contributed by atoms with van der Waals surface area (Å²) in [4.78, 5) is 10.5. The van der Waals surface area contributed by atoms with Gasteiger partial charge in [0.2, 0.25) is 0 Å². The highest BCUT2D eigenvalue weighted by atomic mass is 16.6. The number of hydrogen-bond donors (Lipinski definition) is 0. The molecule has 0 saturated heterocycles. The lowest BCUT2D eigenvalue weighted by atomic mass is 10.0. The van der Waals surface area contributed by atoms with Gasteiger partial charge in [0.1, 0.15) is 0 Å². The van der Waals surface area contributed by atoms with Crippen LogP contribution in [0.4, 0.5) is 5.69 Å². The van der Waals surface area contributed by atoms with E-state index in [0.29, 0.717) is 11.1 Å². The third-order valence-corrected chi connectivity index (χ3v) is 4.55. The number of benzene rings is 2. The fourth-order valence-electron chi connectivity index (χ4n) is 3.15. The molecule has 2 aromatic carbocycles. The molecule has 3 rings (SSSR count). The molecule has 0 aliphatic rings. The van der Waals surface area contributed by atoms with Gasteiger partial charge in [-0.2, -0.15) is 5.26 Å². The van der Waals surface area contributed by atoms with Gasteiger partial charge in [-0.15, -0.1) is 0 Å². The number of nitrogens with zero attached hydrogens (tertiary/aromatic N) is 3. The molecule has 27 heavy (non-hydrogen) atoms. The predicted molar refractivity (Wildman–Crippen MR) is 107 cm³/mol. The Labute approximate surface area is 158 Å². The Morgan fingerprint density at radius 2 is 1.81 bits per heavy atom. The van der Waals surface area contributed by atoms with E-state index in [1.165, 1.54) is 17.7 Å². The molecule has 0 fully saturated rings. The van der Waals surface area contributed by atoms with Crippen LogP contribution in [-0.2, 0) is 0 Å². The molecule has 0 atom stereocenters. The first-order chi connectivity index (χ1) is 12.9. The highest BCUT2D eigenvalue weighted by Crippen LogP contribution is 2.26. The van der Waals surface area contributed by atoms with E-state index in [4.69, 9.17) is 0 Å². The van der Waals surface area contributed by atoms with Gasteiger partial charge in [0, 0.05) is 29.2 Å². The normalized spacial score (nSPS) is 11.3. The number of nitriles is 1. The van der Waals surface area contributed by atoms with Crippen molar-refractivity contribution in [1.29, 1.82) is 5.26 Å². The molecule has 0 aliphatic heterocycles. The summed E-state index contributed by atoms with van der Waals surface area (Å²) in [5.74, 6) is 0. The fraction of sp³-hybridized carbons (Fsp3) is 0.136. The second kappa shape index (κ2) is 7.30. The summed E-state index contributed by atoms with van der Waals surface area (Å²) in [6, 6.07) is 18.6. The SMILES string of the molecule is Cc1ccc(-n2c(C)cc(/C=C(\C#N)c3cccc([N+](=O)[O-])c3)c2C)cc1. The third kappa shape index (κ3) is 3.65. The molecule has 5 heteroatoms. The maximum Gasteiger partial charge on any atom is 0.270 e. The Balaban J connectivity index is 2.07. The van der Waals surface area contributed by atoms with Crippen molar-refractivity contribution in [3.05, 3.63) is 92.8 Å². The highest BCUT2D eigenvalue weighted by Gasteiger charge is 2.12. The number of non-ortho nitro benzene ring substituents is 1. The molecule has 134 valence electrons. The van der Waals surface area contributed by atoms with Gasteiger partial charge in [0.05, 0.1) is 16.6 Å². The first-order valence-electron chi connectivity index (χ1n) is 8.53. The van der Waals surface area contributed by atoms with Crippen LogP contribution in [-0.4, -0.2) is 9.49 Å². The van der Waals surface area contributed by atoms with Gasteiger partial charge < -0.3 is 4.57 Å². The van der Waals surface area contributed by atoms with Crippen LogP contribution in [0.2, 0.25) is 0 Å². The Morgan fingerprint density at radius 3 is 2.44 bits per heavy atom. The number of allylic oxidation sites excluding steroid dienone is 1. The molecule has 3 aromatic rings. The van der Waals surface area contributed by atoms with Gasteiger partial charge in [-0.05, 0) is 56.2 Å². The first-order valence-corrected chi connectivity index (χ1v) is 8.53. The average Bonchev–Trinajstić information content (AvgIpc) is 2.94. The molecule has 0 unspecified atom stereocenters. The van der Waals surface area contributed by atoms with Crippen LogP contribution in [0.25, 0.3) is 17.3 Å². The number of nitro groups is 1. The fourth-order valence-corrected chi connectivity index (χ4v) is 3.15. The van der Waals surface area contributed by atoms with Gasteiger partial charge >= 0.3 is 0 Å². The van der Waals surface area contributed by atoms with Crippen molar-refractivity contribution >= 4 is 17.3 Å². The molecule has 0 radical (unpaired) electrons. The summed E-state index contributed by atoms with van der Waals surface area (Å²) >= 11 is 0. The average molecular weight is 357 g/mol. The second-order valence-corrected chi connectivity index (χ2v) is 6.47. The zero-order valence-corrected chi connectivity index (χ0v) is 15.4. The van der Waals surface area contributed by atoms with Gasteiger partial charge in [-0.25, -0.2) is 0 Å². The zero-order valence-electron chi connectivity index (χ0n) is 15.4. The van der Waals surface area contributed by atoms with Crippen molar-refractivity contribution in [1.82, 2.24) is 4.57 Å². The largest absolute Gasteiger partial charge is 0.318 e. The molecule has 5 nitrogen and oxygen atoms in total. The van der Waals surface area contributed by atoms with E-state index in [1.807, 2.05) is 26.8 Å². The zero-order chi connectivity index (χ0) is 19.6. The van der Waals surface area contributed by atoms with Crippen LogP contribution in [0.5, 0.6) is 0 Å². The summed E-state index contributed by atoms with van der Waals surface area (Å²) in [7, 11) is 0. The molecular weight excluding hydrogens is 338 g/mol. The molecule has 0 aliphatic carbocycles. The van der Waals surface area contributed by atoms with Crippen LogP contribution in [0.3, 0.4) is 0 Å². The number of hydrogen-bond acceptors (Lipinski definition) is 3. The van der Waals surface area contributed by atoms with E-state index in [2.05, 4.69) is 34.9 Å². The molecule has 0 N–H and O–H groups in total. The number of rotatable bonds is 4. The molecule has 1 aromatic heterocycles. The minimum Gasteiger partial charge on any atom is -0.318 e. The highest BCUT2D eigenvalue weighted by molar-refractivity contribution is 5.90. The van der Waals surface area contributed by atoms with Crippen LogP contribution >= 0.6 is 0 Å². The molecule has 0 saturated carbocycles. The maximum absolute atomic E-state index is 11.0. The van der Waals surface area contributed by atoms with Crippen molar-refractivity contribution in [2.24, 2.45) is 0 Å². The van der Waals surface area contributed by atoms with Crippen molar-refractivity contribution in [2.75, 3.05) is 0 Å². The standard InChI is InChI=1S/C22H19N3O2/c1-15-7-9-21(10-8-15)24-16(2)11-19(17(24)3)12-20(14-23)18-5-4-6-22(13-18)25(26)27/h4-13H,1-3H3/b20-12+. The monoisotopic (exact) mass is 357 g/mol. The Hall–Kier alpha value is -3.65. The minimum absolute atomic E-state index is 0.0289. The van der Waals surface area contributed by atoms with E-state index in [0.717, 1.165) is 22.6 Å². The van der Waals surface area contributed by atoms with Gasteiger partial charge in [0.25, 0.3) is 5.69 Å². The van der Waals surface area contributed by atoms with Crippen molar-refractivity contribution in [3.63, 3.8) is 0 Å². The number of nitro benzene ring substituents is 1. The summed E-state index contributed by atoms with van der Waals surface area (Å²) in [5, 5.41) is 20.6. The third-order valence-electron chi connectivity index (χ3n) is 4.55. The van der Waals surface area contributed by atoms with E-state index in [-0.39, 0.29) is 5.69 Å². The molecule has 0 spiro atoms. The first kappa shape index (κ1) is 18.2. The smallest absolute Gasteiger partial charge is 0.270 e. The maximum atomic E-state index is 11.0. The predicted octanol–water partition coefficient (Wildman–Crippen LogP) is 5.37. The summed E-state index contributed by atoms with van der Waals surface area (Å²) in [6.45, 7) is 6.07. The topological polar surface area (TPSA) is 71.9 Å². The van der Waals surface area contributed by atoms with Gasteiger partial charge in [-0.1, -0.05) is 29.8 Å². The Kier molecular flexibility index (Phi) is 4.91. The lowest BCUT2D eigenvalue weighted by Crippen LogP contribution is -1.99. The quantitative estimate of drug-likeness (QED) is 0.358. The van der Waals surface area contributed by atoms with Crippen molar-refractivity contribution in [2.45, 2.75) is 20.8 Å². The Bertz CT molecular complexity index is 1080. The van der Waals surface area contributed by atoms with E-state index in [9.17, 15) is 15.4 Å². The summed E-state index contributed by atoms with van der Waals surface area (Å²) < 4.78 is 2.13. The summed E-state index contributed by atoms with van der Waals surface area (Å²) in [5.41, 5.74) is 6.13. The van der Waals surface area contributed by atoms with Crippen molar-refractivity contribution < 1.29 is 4.92 Å². The van der Waals surface area contributed by atoms with E-state index >= 15 is 0 Å².